The van der Waals surface area contributed by atoms with Gasteiger partial charge in [-0.05, 0) is 37.3 Å². The first-order valence-electron chi connectivity index (χ1n) is 7.91. The molecular formula is C17H27ClN2. The molecule has 1 unspecified atom stereocenters. The Hall–Kier alpha value is -0.730. The number of hydrogen-bond acceptors (Lipinski definition) is 2. The van der Waals surface area contributed by atoms with Gasteiger partial charge in [0.25, 0.3) is 0 Å². The van der Waals surface area contributed by atoms with Crippen molar-refractivity contribution in [1.82, 2.24) is 5.32 Å². The average molecular weight is 295 g/mol. The predicted molar refractivity (Wildman–Crippen MR) is 88.7 cm³/mol. The second-order valence-electron chi connectivity index (χ2n) is 5.95. The summed E-state index contributed by atoms with van der Waals surface area (Å²) in [4.78, 5) is 2.43. The molecule has 1 fully saturated rings. The number of anilines is 1. The lowest BCUT2D eigenvalue weighted by Crippen LogP contribution is -2.30. The fraction of sp³-hybridized carbons (Fsp3) is 0.647. The van der Waals surface area contributed by atoms with Gasteiger partial charge in [0.15, 0.2) is 0 Å². The molecule has 1 atom stereocenters. The van der Waals surface area contributed by atoms with Gasteiger partial charge in [-0.1, -0.05) is 44.0 Å². The molecule has 1 aromatic rings. The lowest BCUT2D eigenvalue weighted by atomic mass is 10.1. The van der Waals surface area contributed by atoms with Crippen LogP contribution in [0.1, 0.15) is 45.6 Å². The van der Waals surface area contributed by atoms with Gasteiger partial charge in [-0.2, -0.15) is 0 Å². The van der Waals surface area contributed by atoms with Crippen LogP contribution >= 0.6 is 11.6 Å². The Morgan fingerprint density at radius 1 is 1.35 bits per heavy atom. The first kappa shape index (κ1) is 15.7. The number of para-hydroxylation sites is 1. The van der Waals surface area contributed by atoms with Crippen molar-refractivity contribution >= 4 is 17.3 Å². The van der Waals surface area contributed by atoms with E-state index in [9.17, 15) is 0 Å². The highest BCUT2D eigenvalue weighted by Gasteiger charge is 2.22. The van der Waals surface area contributed by atoms with E-state index in [-0.39, 0.29) is 0 Å². The molecule has 1 aliphatic carbocycles. The predicted octanol–water partition coefficient (Wildman–Crippen LogP) is 4.46. The molecular weight excluding hydrogens is 268 g/mol. The van der Waals surface area contributed by atoms with E-state index < -0.39 is 0 Å². The van der Waals surface area contributed by atoms with Gasteiger partial charge in [-0.25, -0.2) is 0 Å². The SMILES string of the molecule is CCC(C)CN(CC)c1c(Cl)cccc1CNC1CC1. The van der Waals surface area contributed by atoms with E-state index in [4.69, 9.17) is 11.6 Å². The molecule has 112 valence electrons. The molecule has 2 nitrogen and oxygen atoms in total. The second kappa shape index (κ2) is 7.33. The van der Waals surface area contributed by atoms with Gasteiger partial charge in [-0.3, -0.25) is 0 Å². The quantitative estimate of drug-likeness (QED) is 0.761. The van der Waals surface area contributed by atoms with Crippen LogP contribution in [0.25, 0.3) is 0 Å². The Morgan fingerprint density at radius 3 is 2.70 bits per heavy atom. The number of nitrogens with zero attached hydrogens (tertiary/aromatic N) is 1. The first-order valence-corrected chi connectivity index (χ1v) is 8.29. The summed E-state index contributed by atoms with van der Waals surface area (Å²) in [5, 5.41) is 4.48. The van der Waals surface area contributed by atoms with Crippen molar-refractivity contribution in [2.24, 2.45) is 5.92 Å². The third-order valence-corrected chi connectivity index (χ3v) is 4.46. The first-order chi connectivity index (χ1) is 9.65. The van der Waals surface area contributed by atoms with Gasteiger partial charge in [0.1, 0.15) is 0 Å². The lowest BCUT2D eigenvalue weighted by Gasteiger charge is -2.29. The molecule has 0 aromatic heterocycles. The zero-order chi connectivity index (χ0) is 14.5. The van der Waals surface area contributed by atoms with Crippen molar-refractivity contribution in [1.29, 1.82) is 0 Å². The molecule has 3 heteroatoms. The molecule has 1 aliphatic rings. The van der Waals surface area contributed by atoms with Crippen molar-refractivity contribution < 1.29 is 0 Å². The number of halogens is 1. The summed E-state index contributed by atoms with van der Waals surface area (Å²) in [5.41, 5.74) is 2.56. The Morgan fingerprint density at radius 2 is 2.10 bits per heavy atom. The van der Waals surface area contributed by atoms with Gasteiger partial charge in [0, 0.05) is 25.7 Å². The van der Waals surface area contributed by atoms with E-state index in [1.54, 1.807) is 0 Å². The van der Waals surface area contributed by atoms with Crippen molar-refractivity contribution in [2.45, 2.75) is 52.6 Å². The van der Waals surface area contributed by atoms with Gasteiger partial charge in [0.05, 0.1) is 10.7 Å². The molecule has 0 heterocycles. The molecule has 1 N–H and O–H groups in total. The Bertz CT molecular complexity index is 429. The highest BCUT2D eigenvalue weighted by Crippen LogP contribution is 2.31. The molecule has 0 radical (unpaired) electrons. The summed E-state index contributed by atoms with van der Waals surface area (Å²) in [6, 6.07) is 7.01. The third-order valence-electron chi connectivity index (χ3n) is 4.16. The second-order valence-corrected chi connectivity index (χ2v) is 6.36. The summed E-state index contributed by atoms with van der Waals surface area (Å²) >= 11 is 6.49. The Labute approximate surface area is 128 Å². The van der Waals surface area contributed by atoms with E-state index in [1.165, 1.54) is 30.5 Å². The largest absolute Gasteiger partial charge is 0.370 e. The molecule has 0 spiro atoms. The molecule has 2 rings (SSSR count). The van der Waals surface area contributed by atoms with Crippen LogP contribution in [0, 0.1) is 5.92 Å². The van der Waals surface area contributed by atoms with Crippen LogP contribution in [0.3, 0.4) is 0 Å². The summed E-state index contributed by atoms with van der Waals surface area (Å²) in [6.07, 6.45) is 3.84. The summed E-state index contributed by atoms with van der Waals surface area (Å²) < 4.78 is 0. The van der Waals surface area contributed by atoms with E-state index in [0.717, 1.165) is 30.7 Å². The minimum Gasteiger partial charge on any atom is -0.370 e. The zero-order valence-electron chi connectivity index (χ0n) is 13.0. The summed E-state index contributed by atoms with van der Waals surface area (Å²) in [5.74, 6) is 0.690. The Kier molecular flexibility index (Phi) is 5.74. The number of hydrogen-bond donors (Lipinski definition) is 1. The lowest BCUT2D eigenvalue weighted by molar-refractivity contribution is 0.546. The minimum atomic E-state index is 0.690. The van der Waals surface area contributed by atoms with Crippen molar-refractivity contribution in [3.05, 3.63) is 28.8 Å². The maximum atomic E-state index is 6.49. The van der Waals surface area contributed by atoms with E-state index >= 15 is 0 Å². The normalized spacial score (nSPS) is 16.2. The molecule has 1 saturated carbocycles. The molecule has 20 heavy (non-hydrogen) atoms. The van der Waals surface area contributed by atoms with Crippen LogP contribution < -0.4 is 10.2 Å². The van der Waals surface area contributed by atoms with Gasteiger partial charge < -0.3 is 10.2 Å². The molecule has 0 saturated heterocycles. The molecule has 0 aliphatic heterocycles. The third kappa shape index (κ3) is 4.13. The van der Waals surface area contributed by atoms with Crippen LogP contribution in [-0.2, 0) is 6.54 Å². The van der Waals surface area contributed by atoms with Crippen molar-refractivity contribution in [3.63, 3.8) is 0 Å². The number of rotatable bonds is 8. The van der Waals surface area contributed by atoms with Crippen molar-refractivity contribution in [3.8, 4) is 0 Å². The summed E-state index contributed by atoms with van der Waals surface area (Å²) in [7, 11) is 0. The maximum absolute atomic E-state index is 6.49. The van der Waals surface area contributed by atoms with Gasteiger partial charge >= 0.3 is 0 Å². The smallest absolute Gasteiger partial charge is 0.0642 e. The van der Waals surface area contributed by atoms with Gasteiger partial charge in [-0.15, -0.1) is 0 Å². The summed E-state index contributed by atoms with van der Waals surface area (Å²) in [6.45, 7) is 9.78. The molecule has 0 bridgehead atoms. The van der Waals surface area contributed by atoms with Gasteiger partial charge in [0.2, 0.25) is 0 Å². The molecule has 1 aromatic carbocycles. The van der Waals surface area contributed by atoms with E-state index in [0.29, 0.717) is 5.92 Å². The monoisotopic (exact) mass is 294 g/mol. The average Bonchev–Trinajstić information content (AvgIpc) is 3.27. The topological polar surface area (TPSA) is 15.3 Å². The minimum absolute atomic E-state index is 0.690. The highest BCUT2D eigenvalue weighted by atomic mass is 35.5. The fourth-order valence-corrected chi connectivity index (χ4v) is 2.80. The van der Waals surface area contributed by atoms with E-state index in [2.05, 4.69) is 43.1 Å². The Balaban J connectivity index is 2.16. The maximum Gasteiger partial charge on any atom is 0.0642 e. The van der Waals surface area contributed by atoms with E-state index in [1.807, 2.05) is 6.07 Å². The number of nitrogens with one attached hydrogen (secondary N) is 1. The molecule has 0 amide bonds. The van der Waals surface area contributed by atoms with Crippen LogP contribution in [0.4, 0.5) is 5.69 Å². The zero-order valence-corrected chi connectivity index (χ0v) is 13.7. The fourth-order valence-electron chi connectivity index (χ4n) is 2.48. The van der Waals surface area contributed by atoms with Crippen LogP contribution in [0.15, 0.2) is 18.2 Å². The van der Waals surface area contributed by atoms with Crippen LogP contribution in [0.5, 0.6) is 0 Å². The van der Waals surface area contributed by atoms with Crippen molar-refractivity contribution in [2.75, 3.05) is 18.0 Å². The highest BCUT2D eigenvalue weighted by molar-refractivity contribution is 6.33. The van der Waals surface area contributed by atoms with Crippen LogP contribution in [0.2, 0.25) is 5.02 Å². The number of benzene rings is 1. The van der Waals surface area contributed by atoms with Crippen LogP contribution in [-0.4, -0.2) is 19.1 Å². The standard InChI is InChI=1S/C17H27ClN2/c1-4-13(3)12-20(5-2)17-14(7-6-8-16(17)18)11-19-15-9-10-15/h6-8,13,15,19H,4-5,9-12H2,1-3H3.